The second-order valence-electron chi connectivity index (χ2n) is 3.31. The molecule has 1 aliphatic rings. The predicted molar refractivity (Wildman–Crippen MR) is 38.7 cm³/mol. The molecule has 0 aliphatic heterocycles. The number of carbonyl (C=O) groups is 1. The summed E-state index contributed by atoms with van der Waals surface area (Å²) in [4.78, 5) is 10.4. The van der Waals surface area contributed by atoms with Crippen molar-refractivity contribution in [1.29, 1.82) is 0 Å². The van der Waals surface area contributed by atoms with Crippen LogP contribution in [0.4, 0.5) is 0 Å². The Balaban J connectivity index is 2.68. The standard InChI is InChI=1S/C8H12O2/c1-5-4-8(5,3)6(2)7(9)10/h5H,2,4H2,1,3H3,(H,9,10). The lowest BCUT2D eigenvalue weighted by Gasteiger charge is -2.07. The molecule has 1 aliphatic carbocycles. The van der Waals surface area contributed by atoms with Gasteiger partial charge in [-0.3, -0.25) is 0 Å². The summed E-state index contributed by atoms with van der Waals surface area (Å²) < 4.78 is 0. The van der Waals surface area contributed by atoms with Crippen molar-refractivity contribution in [3.05, 3.63) is 12.2 Å². The number of rotatable bonds is 2. The SMILES string of the molecule is C=C(C(=O)O)C1(C)CC1C. The third kappa shape index (κ3) is 0.838. The molecule has 0 radical (unpaired) electrons. The van der Waals surface area contributed by atoms with Crippen LogP contribution in [-0.4, -0.2) is 11.1 Å². The molecule has 2 heteroatoms. The van der Waals surface area contributed by atoms with Gasteiger partial charge in [0.05, 0.1) is 0 Å². The Kier molecular flexibility index (Phi) is 1.35. The van der Waals surface area contributed by atoms with Gasteiger partial charge in [0.15, 0.2) is 0 Å². The Labute approximate surface area is 60.6 Å². The monoisotopic (exact) mass is 140 g/mol. The maximum Gasteiger partial charge on any atom is 0.331 e. The van der Waals surface area contributed by atoms with E-state index in [9.17, 15) is 4.79 Å². The van der Waals surface area contributed by atoms with E-state index in [0.29, 0.717) is 11.5 Å². The van der Waals surface area contributed by atoms with Crippen molar-refractivity contribution in [2.75, 3.05) is 0 Å². The first kappa shape index (κ1) is 7.32. The van der Waals surface area contributed by atoms with Crippen LogP contribution in [0.5, 0.6) is 0 Å². The number of aliphatic carboxylic acids is 1. The zero-order chi connectivity index (χ0) is 7.94. The normalized spacial score (nSPS) is 37.2. The molecular weight excluding hydrogens is 128 g/mol. The number of hydrogen-bond acceptors (Lipinski definition) is 1. The number of hydrogen-bond donors (Lipinski definition) is 1. The summed E-state index contributed by atoms with van der Waals surface area (Å²) in [6.07, 6.45) is 0.970. The Bertz CT molecular complexity index is 195. The zero-order valence-electron chi connectivity index (χ0n) is 6.35. The average Bonchev–Trinajstić information content (AvgIpc) is 2.41. The fraction of sp³-hybridized carbons (Fsp3) is 0.625. The topological polar surface area (TPSA) is 37.3 Å². The van der Waals surface area contributed by atoms with Gasteiger partial charge in [0.2, 0.25) is 0 Å². The highest BCUT2D eigenvalue weighted by Crippen LogP contribution is 2.56. The van der Waals surface area contributed by atoms with Gasteiger partial charge in [-0.1, -0.05) is 20.4 Å². The van der Waals surface area contributed by atoms with Crippen LogP contribution in [0.3, 0.4) is 0 Å². The van der Waals surface area contributed by atoms with Crippen LogP contribution in [0.15, 0.2) is 12.2 Å². The third-order valence-electron chi connectivity index (χ3n) is 2.61. The highest BCUT2D eigenvalue weighted by Gasteiger charge is 2.50. The lowest BCUT2D eigenvalue weighted by atomic mass is 9.97. The number of carboxylic acids is 1. The molecule has 0 heterocycles. The molecule has 10 heavy (non-hydrogen) atoms. The summed E-state index contributed by atoms with van der Waals surface area (Å²) in [5.74, 6) is -0.358. The minimum atomic E-state index is -0.855. The van der Waals surface area contributed by atoms with Gasteiger partial charge in [0.1, 0.15) is 0 Å². The van der Waals surface area contributed by atoms with E-state index in [0.717, 1.165) is 6.42 Å². The van der Waals surface area contributed by atoms with Gasteiger partial charge in [0, 0.05) is 11.0 Å². The quantitative estimate of drug-likeness (QED) is 0.592. The Morgan fingerprint density at radius 1 is 1.80 bits per heavy atom. The third-order valence-corrected chi connectivity index (χ3v) is 2.61. The molecule has 0 amide bonds. The van der Waals surface area contributed by atoms with Crippen LogP contribution in [0.25, 0.3) is 0 Å². The first-order chi connectivity index (χ1) is 4.48. The van der Waals surface area contributed by atoms with Crippen LogP contribution < -0.4 is 0 Å². The smallest absolute Gasteiger partial charge is 0.331 e. The molecule has 0 bridgehead atoms. The molecule has 2 atom stereocenters. The molecule has 56 valence electrons. The van der Waals surface area contributed by atoms with Gasteiger partial charge in [0.25, 0.3) is 0 Å². The molecule has 1 rings (SSSR count). The largest absolute Gasteiger partial charge is 0.478 e. The number of carboxylic acid groups (broad SMARTS) is 1. The second kappa shape index (κ2) is 1.84. The molecule has 1 saturated carbocycles. The molecule has 0 aromatic rings. The Hall–Kier alpha value is -0.790. The minimum absolute atomic E-state index is 0.105. The molecule has 2 unspecified atom stereocenters. The summed E-state index contributed by atoms with van der Waals surface area (Å²) in [5, 5.41) is 8.58. The van der Waals surface area contributed by atoms with E-state index in [1.807, 2.05) is 13.8 Å². The van der Waals surface area contributed by atoms with Crippen molar-refractivity contribution < 1.29 is 9.90 Å². The summed E-state index contributed by atoms with van der Waals surface area (Å²) in [5.41, 5.74) is 0.256. The maximum atomic E-state index is 10.4. The maximum absolute atomic E-state index is 10.4. The van der Waals surface area contributed by atoms with Crippen LogP contribution in [-0.2, 0) is 4.79 Å². The molecule has 1 fully saturated rings. The molecule has 0 aromatic heterocycles. The van der Waals surface area contributed by atoms with E-state index in [4.69, 9.17) is 5.11 Å². The van der Waals surface area contributed by atoms with E-state index < -0.39 is 5.97 Å². The molecule has 2 nitrogen and oxygen atoms in total. The van der Waals surface area contributed by atoms with Crippen LogP contribution in [0, 0.1) is 11.3 Å². The fourth-order valence-electron chi connectivity index (χ4n) is 1.24. The first-order valence-corrected chi connectivity index (χ1v) is 3.41. The van der Waals surface area contributed by atoms with Crippen LogP contribution in [0.2, 0.25) is 0 Å². The van der Waals surface area contributed by atoms with Crippen molar-refractivity contribution in [1.82, 2.24) is 0 Å². The molecule has 0 saturated heterocycles. The summed E-state index contributed by atoms with van der Waals surface area (Å²) in [7, 11) is 0. The summed E-state index contributed by atoms with van der Waals surface area (Å²) >= 11 is 0. The highest BCUT2D eigenvalue weighted by atomic mass is 16.4. The van der Waals surface area contributed by atoms with Gasteiger partial charge < -0.3 is 5.11 Å². The van der Waals surface area contributed by atoms with Gasteiger partial charge in [-0.2, -0.15) is 0 Å². The fourth-order valence-corrected chi connectivity index (χ4v) is 1.24. The molecule has 1 N–H and O–H groups in total. The lowest BCUT2D eigenvalue weighted by molar-refractivity contribution is -0.133. The van der Waals surface area contributed by atoms with Crippen molar-refractivity contribution >= 4 is 5.97 Å². The van der Waals surface area contributed by atoms with Crippen molar-refractivity contribution in [3.8, 4) is 0 Å². The van der Waals surface area contributed by atoms with Crippen molar-refractivity contribution in [2.45, 2.75) is 20.3 Å². The van der Waals surface area contributed by atoms with Crippen molar-refractivity contribution in [3.63, 3.8) is 0 Å². The van der Waals surface area contributed by atoms with Crippen LogP contribution >= 0.6 is 0 Å². The Morgan fingerprint density at radius 2 is 2.20 bits per heavy atom. The summed E-state index contributed by atoms with van der Waals surface area (Å²) in [6, 6.07) is 0. The average molecular weight is 140 g/mol. The zero-order valence-corrected chi connectivity index (χ0v) is 6.35. The molecule has 0 spiro atoms. The Morgan fingerprint density at radius 3 is 2.30 bits per heavy atom. The molecule has 0 aromatic carbocycles. The van der Waals surface area contributed by atoms with Crippen molar-refractivity contribution in [2.24, 2.45) is 11.3 Å². The second-order valence-corrected chi connectivity index (χ2v) is 3.31. The minimum Gasteiger partial charge on any atom is -0.478 e. The summed E-state index contributed by atoms with van der Waals surface area (Å²) in [6.45, 7) is 7.54. The van der Waals surface area contributed by atoms with E-state index in [1.165, 1.54) is 0 Å². The first-order valence-electron chi connectivity index (χ1n) is 3.41. The highest BCUT2D eigenvalue weighted by molar-refractivity contribution is 5.88. The van der Waals surface area contributed by atoms with Gasteiger partial charge in [-0.05, 0) is 12.3 Å². The van der Waals surface area contributed by atoms with E-state index in [2.05, 4.69) is 6.58 Å². The predicted octanol–water partition coefficient (Wildman–Crippen LogP) is 1.67. The van der Waals surface area contributed by atoms with Gasteiger partial charge in [-0.25, -0.2) is 4.79 Å². The van der Waals surface area contributed by atoms with Crippen LogP contribution in [0.1, 0.15) is 20.3 Å². The van der Waals surface area contributed by atoms with E-state index >= 15 is 0 Å². The van der Waals surface area contributed by atoms with Gasteiger partial charge in [-0.15, -0.1) is 0 Å². The van der Waals surface area contributed by atoms with E-state index in [-0.39, 0.29) is 5.41 Å². The van der Waals surface area contributed by atoms with Gasteiger partial charge >= 0.3 is 5.97 Å². The lowest BCUT2D eigenvalue weighted by Crippen LogP contribution is -2.10. The molecular formula is C8H12O2. The van der Waals surface area contributed by atoms with E-state index in [1.54, 1.807) is 0 Å².